The van der Waals surface area contributed by atoms with Gasteiger partial charge in [0.25, 0.3) is 11.9 Å². The third kappa shape index (κ3) is 6.85. The second kappa shape index (κ2) is 15.2. The Kier molecular flexibility index (Phi) is 9.02. The van der Waals surface area contributed by atoms with E-state index in [1.807, 2.05) is 24.3 Å². The first-order valence-corrected chi connectivity index (χ1v) is 23.1. The predicted molar refractivity (Wildman–Crippen MR) is 265 cm³/mol. The maximum Gasteiger partial charge on any atom is 0.355 e. The van der Waals surface area contributed by atoms with Crippen LogP contribution in [0.5, 0.6) is 0 Å². The van der Waals surface area contributed by atoms with Gasteiger partial charge in [-0.3, -0.25) is 9.59 Å². The Morgan fingerprint density at radius 2 is 0.603 bits per heavy atom. The number of carbonyl (C=O) groups excluding carboxylic acids is 2. The fourth-order valence-corrected chi connectivity index (χ4v) is 11.1. The third-order valence-corrected chi connectivity index (χ3v) is 14.6. The molecule has 0 atom stereocenters. The SMILES string of the molecule is O=C(CCCC(=O)O[Si]c1cccc2cc3ccc4cc5cc6ccccc6cc5cc4c3cc12)O[Si]c1cccc2cc3ccc4cc5cc6ccccc6cc5cc4c3cc12. The number of carbonyl (C=O) groups is 2. The first-order chi connectivity index (χ1) is 31.0. The zero-order valence-electron chi connectivity index (χ0n) is 34.1. The van der Waals surface area contributed by atoms with Crippen LogP contribution in [0, 0.1) is 0 Å². The lowest BCUT2D eigenvalue weighted by atomic mass is 9.95. The summed E-state index contributed by atoms with van der Waals surface area (Å²) in [6, 6.07) is 65.3. The van der Waals surface area contributed by atoms with Crippen LogP contribution in [-0.2, 0) is 18.4 Å². The van der Waals surface area contributed by atoms with Crippen LogP contribution in [-0.4, -0.2) is 31.5 Å². The van der Waals surface area contributed by atoms with E-state index in [1.165, 1.54) is 86.2 Å². The average molecular weight is 841 g/mol. The van der Waals surface area contributed by atoms with Crippen molar-refractivity contribution in [1.82, 2.24) is 0 Å². The van der Waals surface area contributed by atoms with E-state index < -0.39 is 0 Å². The molecule has 0 N–H and O–H groups in total. The van der Waals surface area contributed by atoms with E-state index in [0.717, 1.165) is 31.9 Å². The van der Waals surface area contributed by atoms with E-state index in [1.54, 1.807) is 0 Å². The molecule has 0 aromatic heterocycles. The van der Waals surface area contributed by atoms with Crippen molar-refractivity contribution in [2.75, 3.05) is 0 Å². The van der Waals surface area contributed by atoms with Crippen LogP contribution in [0.15, 0.2) is 182 Å². The van der Waals surface area contributed by atoms with Crippen LogP contribution in [0.25, 0.3) is 108 Å². The number of hydrogen-bond acceptors (Lipinski definition) is 4. The highest BCUT2D eigenvalue weighted by Crippen LogP contribution is 2.35. The maximum absolute atomic E-state index is 13.0. The summed E-state index contributed by atoms with van der Waals surface area (Å²) in [4.78, 5) is 26.1. The molecule has 296 valence electrons. The van der Waals surface area contributed by atoms with Crippen molar-refractivity contribution in [3.05, 3.63) is 182 Å². The lowest BCUT2D eigenvalue weighted by Crippen LogP contribution is -2.23. The molecule has 0 saturated carbocycles. The van der Waals surface area contributed by atoms with Crippen LogP contribution in [0.4, 0.5) is 0 Å². The van der Waals surface area contributed by atoms with E-state index in [0.29, 0.717) is 6.42 Å². The van der Waals surface area contributed by atoms with Gasteiger partial charge in [0.2, 0.25) is 0 Å². The molecule has 0 unspecified atom stereocenters. The zero-order valence-corrected chi connectivity index (χ0v) is 36.1. The second-order valence-corrected chi connectivity index (χ2v) is 18.5. The standard InChI is InChI=1S/C57H36O4Si2/c58-56(60-62-54-14-5-12-38-26-40-18-20-42-28-44-22-34-8-1-3-10-36(34)24-46(44)30-48(42)50(40)32-52(38)54)16-7-17-57(59)61-63-55-15-6-13-39-27-41-19-21-43-29-45-23-35-9-2-4-11-37(35)25-47(45)31-49(43)51(41)33-53(39)55/h1-6,8-15,18-33H,7,16-17H2. The Labute approximate surface area is 367 Å². The lowest BCUT2D eigenvalue weighted by molar-refractivity contribution is -0.135. The Bertz CT molecular complexity index is 3640. The zero-order chi connectivity index (χ0) is 42.0. The monoisotopic (exact) mass is 840 g/mol. The minimum Gasteiger partial charge on any atom is -0.511 e. The van der Waals surface area contributed by atoms with Crippen LogP contribution < -0.4 is 10.4 Å². The Morgan fingerprint density at radius 3 is 1.00 bits per heavy atom. The van der Waals surface area contributed by atoms with Gasteiger partial charge in [0.1, 0.15) is 0 Å². The summed E-state index contributed by atoms with van der Waals surface area (Å²) in [7, 11) is -0.299. The first-order valence-electron chi connectivity index (χ1n) is 21.3. The number of hydrogen-bond donors (Lipinski definition) is 0. The Balaban J connectivity index is 0.724. The quantitative estimate of drug-likeness (QED) is 0.0869. The average Bonchev–Trinajstić information content (AvgIpc) is 3.31. The smallest absolute Gasteiger partial charge is 0.355 e. The van der Waals surface area contributed by atoms with Crippen molar-refractivity contribution < 1.29 is 18.4 Å². The Morgan fingerprint density at radius 1 is 0.302 bits per heavy atom. The topological polar surface area (TPSA) is 52.6 Å². The van der Waals surface area contributed by atoms with Gasteiger partial charge in [-0.25, -0.2) is 0 Å². The summed E-state index contributed by atoms with van der Waals surface area (Å²) < 4.78 is 11.7. The van der Waals surface area contributed by atoms with E-state index in [4.69, 9.17) is 8.85 Å². The van der Waals surface area contributed by atoms with Gasteiger partial charge < -0.3 is 8.85 Å². The summed E-state index contributed by atoms with van der Waals surface area (Å²) in [5.41, 5.74) is 0. The summed E-state index contributed by atoms with van der Waals surface area (Å²) in [5.74, 6) is -0.640. The highest BCUT2D eigenvalue weighted by atomic mass is 28.2. The predicted octanol–water partition coefficient (Wildman–Crippen LogP) is 12.7. The molecule has 0 fully saturated rings. The largest absolute Gasteiger partial charge is 0.511 e. The summed E-state index contributed by atoms with van der Waals surface area (Å²) in [6.45, 7) is 0. The summed E-state index contributed by atoms with van der Waals surface area (Å²) in [5, 5.41) is 25.6. The van der Waals surface area contributed by atoms with E-state index in [2.05, 4.69) is 158 Å². The summed E-state index contributed by atoms with van der Waals surface area (Å²) >= 11 is 0. The lowest BCUT2D eigenvalue weighted by Gasteiger charge is -2.12. The van der Waals surface area contributed by atoms with Crippen molar-refractivity contribution in [3.63, 3.8) is 0 Å². The van der Waals surface area contributed by atoms with Crippen molar-refractivity contribution >= 4 is 150 Å². The van der Waals surface area contributed by atoms with Crippen molar-refractivity contribution in [2.45, 2.75) is 19.3 Å². The molecule has 0 saturated heterocycles. The first kappa shape index (κ1) is 37.4. The summed E-state index contributed by atoms with van der Waals surface area (Å²) in [6.07, 6.45) is 0.643. The number of benzene rings is 12. The molecular weight excluding hydrogens is 805 g/mol. The molecule has 0 bridgehead atoms. The van der Waals surface area contributed by atoms with Crippen LogP contribution in [0.3, 0.4) is 0 Å². The van der Waals surface area contributed by atoms with Gasteiger partial charge in [-0.2, -0.15) is 0 Å². The fraction of sp³-hybridized carbons (Fsp3) is 0.0526. The molecule has 12 aromatic rings. The minimum absolute atomic E-state index is 0.142. The van der Waals surface area contributed by atoms with Gasteiger partial charge in [0.05, 0.1) is 0 Å². The van der Waals surface area contributed by atoms with Gasteiger partial charge in [0.15, 0.2) is 0 Å². The molecule has 4 radical (unpaired) electrons. The minimum atomic E-state index is -0.320. The molecule has 12 rings (SSSR count). The number of fused-ring (bicyclic) bond motifs is 12. The van der Waals surface area contributed by atoms with E-state index in [-0.39, 0.29) is 44.3 Å². The van der Waals surface area contributed by atoms with Gasteiger partial charge in [-0.1, -0.05) is 109 Å². The van der Waals surface area contributed by atoms with Crippen LogP contribution in [0.1, 0.15) is 19.3 Å². The molecule has 0 aliphatic heterocycles. The Hall–Kier alpha value is -7.39. The van der Waals surface area contributed by atoms with Crippen LogP contribution in [0.2, 0.25) is 0 Å². The molecule has 63 heavy (non-hydrogen) atoms. The molecule has 0 aliphatic carbocycles. The maximum atomic E-state index is 13.0. The van der Waals surface area contributed by atoms with Gasteiger partial charge in [-0.15, -0.1) is 0 Å². The molecule has 6 heteroatoms. The normalized spacial score (nSPS) is 11.9. The third-order valence-electron chi connectivity index (χ3n) is 12.6. The highest BCUT2D eigenvalue weighted by Gasteiger charge is 2.15. The van der Waals surface area contributed by atoms with Gasteiger partial charge in [-0.05, 0) is 197 Å². The van der Waals surface area contributed by atoms with Gasteiger partial charge >= 0.3 is 19.5 Å². The number of rotatable bonds is 8. The van der Waals surface area contributed by atoms with Crippen LogP contribution >= 0.6 is 0 Å². The van der Waals surface area contributed by atoms with E-state index >= 15 is 0 Å². The van der Waals surface area contributed by atoms with Crippen molar-refractivity contribution in [2.24, 2.45) is 0 Å². The van der Waals surface area contributed by atoms with Crippen molar-refractivity contribution in [1.29, 1.82) is 0 Å². The molecule has 0 spiro atoms. The molecule has 4 nitrogen and oxygen atoms in total. The highest BCUT2D eigenvalue weighted by molar-refractivity contribution is 6.54. The van der Waals surface area contributed by atoms with E-state index in [9.17, 15) is 9.59 Å². The van der Waals surface area contributed by atoms with Crippen molar-refractivity contribution in [3.8, 4) is 0 Å². The molecule has 0 heterocycles. The fourth-order valence-electron chi connectivity index (χ4n) is 9.43. The molecule has 0 amide bonds. The second-order valence-electron chi connectivity index (χ2n) is 16.6. The molecule has 0 aliphatic rings. The molecule has 12 aromatic carbocycles. The van der Waals surface area contributed by atoms with Gasteiger partial charge in [0, 0.05) is 12.8 Å². The molecular formula is C57H36O4Si2.